The summed E-state index contributed by atoms with van der Waals surface area (Å²) in [5.41, 5.74) is -1.26. The number of amides is 1. The number of aromatic carboxylic acids is 1. The van der Waals surface area contributed by atoms with Crippen LogP contribution in [0.15, 0.2) is 23.1 Å². The number of carbonyl (C=O) groups is 2. The Morgan fingerprint density at radius 3 is 2.39 bits per heavy atom. The van der Waals surface area contributed by atoms with Crippen molar-refractivity contribution in [2.75, 3.05) is 31.1 Å². The molecule has 1 saturated heterocycles. The molecule has 0 bridgehead atoms. The van der Waals surface area contributed by atoms with Crippen molar-refractivity contribution in [3.63, 3.8) is 0 Å². The zero-order chi connectivity index (χ0) is 24.3. The Morgan fingerprint density at radius 1 is 1.24 bits per heavy atom. The third kappa shape index (κ3) is 4.16. The van der Waals surface area contributed by atoms with Crippen LogP contribution in [0.25, 0.3) is 10.9 Å². The first-order chi connectivity index (χ1) is 15.3. The van der Waals surface area contributed by atoms with Crippen molar-refractivity contribution in [3.05, 3.63) is 39.9 Å². The molecule has 1 aliphatic heterocycles. The molecule has 1 aromatic carbocycles. The number of hydrogen-bond acceptors (Lipinski definition) is 4. The molecule has 2 fully saturated rings. The van der Waals surface area contributed by atoms with Crippen molar-refractivity contribution >= 4 is 28.5 Å². The van der Waals surface area contributed by atoms with Crippen molar-refractivity contribution in [1.29, 1.82) is 0 Å². The summed E-state index contributed by atoms with van der Waals surface area (Å²) in [4.78, 5) is 38.1. The van der Waals surface area contributed by atoms with E-state index in [-0.39, 0.29) is 43.3 Å². The van der Waals surface area contributed by atoms with Crippen molar-refractivity contribution < 1.29 is 32.3 Å². The van der Waals surface area contributed by atoms with E-state index in [4.69, 9.17) is 0 Å². The van der Waals surface area contributed by atoms with E-state index in [1.807, 2.05) is 0 Å². The molecule has 0 atom stereocenters. The quantitative estimate of drug-likeness (QED) is 0.656. The number of fused-ring (bicyclic) bond motifs is 1. The maximum absolute atomic E-state index is 15.0. The lowest BCUT2D eigenvalue weighted by molar-refractivity contribution is -0.186. The molecule has 1 aromatic heterocycles. The fourth-order valence-electron chi connectivity index (χ4n) is 4.52. The third-order valence-corrected chi connectivity index (χ3v) is 6.24. The molecule has 7 nitrogen and oxygen atoms in total. The van der Waals surface area contributed by atoms with Gasteiger partial charge in [-0.05, 0) is 31.9 Å². The number of carboxylic acids is 1. The summed E-state index contributed by atoms with van der Waals surface area (Å²) in [6.45, 7) is 3.42. The highest BCUT2D eigenvalue weighted by atomic mass is 19.4. The van der Waals surface area contributed by atoms with Gasteiger partial charge in [-0.15, -0.1) is 0 Å². The predicted molar refractivity (Wildman–Crippen MR) is 112 cm³/mol. The molecule has 1 saturated carbocycles. The lowest BCUT2D eigenvalue weighted by Gasteiger charge is -2.51. The topological polar surface area (TPSA) is 82.8 Å². The number of halogens is 4. The average molecular weight is 469 g/mol. The monoisotopic (exact) mass is 469 g/mol. The smallest absolute Gasteiger partial charge is 0.471 e. The summed E-state index contributed by atoms with van der Waals surface area (Å²) in [5.74, 6) is -4.00. The van der Waals surface area contributed by atoms with Gasteiger partial charge in [0.05, 0.1) is 11.2 Å². The minimum Gasteiger partial charge on any atom is -0.477 e. The molecular weight excluding hydrogens is 446 g/mol. The number of alkyl halides is 3. The Balaban J connectivity index is 1.63. The van der Waals surface area contributed by atoms with Gasteiger partial charge in [0.25, 0.3) is 0 Å². The molecule has 4 rings (SSSR count). The Hall–Kier alpha value is -3.11. The Labute approximate surface area is 186 Å². The van der Waals surface area contributed by atoms with E-state index >= 15 is 0 Å². The van der Waals surface area contributed by atoms with E-state index in [9.17, 15) is 37.1 Å². The van der Waals surface area contributed by atoms with E-state index in [2.05, 4.69) is 0 Å². The molecule has 0 spiro atoms. The maximum Gasteiger partial charge on any atom is 0.471 e. The summed E-state index contributed by atoms with van der Waals surface area (Å²) >= 11 is 0. The van der Waals surface area contributed by atoms with E-state index in [0.717, 1.165) is 23.8 Å². The van der Waals surface area contributed by atoms with Gasteiger partial charge in [0.2, 0.25) is 5.43 Å². The molecule has 2 aliphatic rings. The van der Waals surface area contributed by atoms with Gasteiger partial charge in [-0.2, -0.15) is 13.2 Å². The first kappa shape index (κ1) is 23.1. The van der Waals surface area contributed by atoms with Crippen LogP contribution in [0.1, 0.15) is 43.1 Å². The van der Waals surface area contributed by atoms with Gasteiger partial charge in [-0.3, -0.25) is 9.59 Å². The Kier molecular flexibility index (Phi) is 5.41. The van der Waals surface area contributed by atoms with Crippen LogP contribution >= 0.6 is 0 Å². The van der Waals surface area contributed by atoms with Crippen LogP contribution in [0.3, 0.4) is 0 Å². The highest BCUT2D eigenvalue weighted by molar-refractivity contribution is 5.93. The van der Waals surface area contributed by atoms with Gasteiger partial charge in [0, 0.05) is 49.2 Å². The molecule has 1 amide bonds. The van der Waals surface area contributed by atoms with E-state index in [1.165, 1.54) is 19.2 Å². The van der Waals surface area contributed by atoms with Crippen molar-refractivity contribution in [3.8, 4) is 0 Å². The Bertz CT molecular complexity index is 1200. The lowest BCUT2D eigenvalue weighted by atomic mass is 9.80. The summed E-state index contributed by atoms with van der Waals surface area (Å²) in [6, 6.07) is 2.55. The number of pyridine rings is 1. The summed E-state index contributed by atoms with van der Waals surface area (Å²) in [7, 11) is 0. The highest BCUT2D eigenvalue weighted by Gasteiger charge is 2.47. The largest absolute Gasteiger partial charge is 0.477 e. The van der Waals surface area contributed by atoms with E-state index in [1.54, 1.807) is 16.4 Å². The molecule has 2 aromatic rings. The molecule has 1 aliphatic carbocycles. The normalized spacial score (nSPS) is 17.7. The summed E-state index contributed by atoms with van der Waals surface area (Å²) < 4.78 is 55.1. The number of carboxylic acid groups (broad SMARTS) is 1. The van der Waals surface area contributed by atoms with Gasteiger partial charge < -0.3 is 19.5 Å². The van der Waals surface area contributed by atoms with Crippen LogP contribution < -0.4 is 10.3 Å². The van der Waals surface area contributed by atoms with Crippen LogP contribution in [0.2, 0.25) is 0 Å². The number of nitrogens with zero attached hydrogens (tertiary/aromatic N) is 3. The number of hydrogen-bond donors (Lipinski definition) is 1. The SMILES string of the molecule is CCN(CC1(C)CN(c2cc3c(cc2F)c(=O)c(C(=O)O)cn3C2CC2)C1)C(=O)C(F)(F)F. The van der Waals surface area contributed by atoms with Crippen molar-refractivity contribution in [2.24, 2.45) is 5.41 Å². The minimum atomic E-state index is -4.96. The second-order valence-electron chi connectivity index (χ2n) is 9.12. The third-order valence-electron chi connectivity index (χ3n) is 6.24. The van der Waals surface area contributed by atoms with Gasteiger partial charge >= 0.3 is 18.1 Å². The second-order valence-corrected chi connectivity index (χ2v) is 9.12. The first-order valence-corrected chi connectivity index (χ1v) is 10.6. The number of aromatic nitrogens is 1. The van der Waals surface area contributed by atoms with Crippen LogP contribution in [0.5, 0.6) is 0 Å². The molecular formula is C22H23F4N3O4. The van der Waals surface area contributed by atoms with Crippen LogP contribution in [-0.4, -0.2) is 58.8 Å². The molecule has 1 N–H and O–H groups in total. The number of anilines is 1. The van der Waals surface area contributed by atoms with Gasteiger partial charge in [0.1, 0.15) is 11.4 Å². The van der Waals surface area contributed by atoms with Crippen LogP contribution in [-0.2, 0) is 4.79 Å². The zero-order valence-corrected chi connectivity index (χ0v) is 18.1. The molecule has 0 unspecified atom stereocenters. The summed E-state index contributed by atoms with van der Waals surface area (Å²) in [6.07, 6.45) is -2.05. The van der Waals surface area contributed by atoms with Crippen molar-refractivity contribution in [2.45, 2.75) is 38.9 Å². The average Bonchev–Trinajstić information content (AvgIpc) is 3.54. The predicted octanol–water partition coefficient (Wildman–Crippen LogP) is 3.41. The zero-order valence-electron chi connectivity index (χ0n) is 18.1. The van der Waals surface area contributed by atoms with Gasteiger partial charge in [-0.1, -0.05) is 6.92 Å². The standard InChI is InChI=1S/C22H23F4N3O4/c1-3-27(20(33)22(24,25)26)9-21(2)10-28(11-21)17-7-16-13(6-15(17)23)18(30)14(19(31)32)8-29(16)12-4-5-12/h6-8,12H,3-5,9-11H2,1-2H3,(H,31,32). The maximum atomic E-state index is 15.0. The Morgan fingerprint density at radius 2 is 1.88 bits per heavy atom. The van der Waals surface area contributed by atoms with Gasteiger partial charge in [0.15, 0.2) is 0 Å². The van der Waals surface area contributed by atoms with Crippen LogP contribution in [0, 0.1) is 11.2 Å². The number of carbonyl (C=O) groups excluding carboxylic acids is 1. The van der Waals surface area contributed by atoms with E-state index < -0.39 is 40.3 Å². The highest BCUT2D eigenvalue weighted by Crippen LogP contribution is 2.41. The van der Waals surface area contributed by atoms with E-state index in [0.29, 0.717) is 5.52 Å². The molecule has 2 heterocycles. The summed E-state index contributed by atoms with van der Waals surface area (Å²) in [5, 5.41) is 9.31. The first-order valence-electron chi connectivity index (χ1n) is 10.6. The van der Waals surface area contributed by atoms with Crippen molar-refractivity contribution in [1.82, 2.24) is 9.47 Å². The molecule has 33 heavy (non-hydrogen) atoms. The molecule has 0 radical (unpaired) electrons. The fraction of sp³-hybridized carbons (Fsp3) is 0.500. The minimum absolute atomic E-state index is 0.0256. The number of benzene rings is 1. The molecule has 11 heteroatoms. The molecule has 178 valence electrons. The van der Waals surface area contributed by atoms with Crippen LogP contribution in [0.4, 0.5) is 23.2 Å². The lowest BCUT2D eigenvalue weighted by Crippen LogP contribution is -2.61. The van der Waals surface area contributed by atoms with Gasteiger partial charge in [-0.25, -0.2) is 9.18 Å². The second kappa shape index (κ2) is 7.74. The fourth-order valence-corrected chi connectivity index (χ4v) is 4.52. The number of rotatable bonds is 6.